The number of rotatable bonds is 1. The lowest BCUT2D eigenvalue weighted by Gasteiger charge is -2.17. The van der Waals surface area contributed by atoms with Crippen LogP contribution in [0.2, 0.25) is 0 Å². The number of aromatic nitrogens is 1. The molecule has 0 saturated carbocycles. The minimum absolute atomic E-state index is 0.197. The number of nitrogens with two attached hydrogens (primary N) is 1. The van der Waals surface area contributed by atoms with Crippen molar-refractivity contribution in [2.75, 3.05) is 12.0 Å². The number of hydrogen-bond donors (Lipinski definition) is 1. The molecule has 1 unspecified atom stereocenters. The first-order chi connectivity index (χ1) is 10.4. The van der Waals surface area contributed by atoms with Crippen molar-refractivity contribution in [1.82, 2.24) is 4.98 Å². The molecule has 0 bridgehead atoms. The third kappa shape index (κ3) is 2.26. The summed E-state index contributed by atoms with van der Waals surface area (Å²) in [5, 5.41) is 10.6. The number of anilines is 1. The number of hydrogen-bond acceptors (Lipinski definition) is 5. The molecule has 110 valence electrons. The Bertz CT molecular complexity index is 959. The molecule has 1 aliphatic rings. The summed E-state index contributed by atoms with van der Waals surface area (Å²) in [6.45, 7) is 2.00. The highest BCUT2D eigenvalue weighted by molar-refractivity contribution is 8.02. The average Bonchev–Trinajstić information content (AvgIpc) is 2.47. The molecule has 0 spiro atoms. The van der Waals surface area contributed by atoms with E-state index in [0.29, 0.717) is 16.4 Å². The van der Waals surface area contributed by atoms with E-state index >= 15 is 0 Å². The number of pyridine rings is 1. The van der Waals surface area contributed by atoms with E-state index in [1.807, 2.05) is 37.3 Å². The first kappa shape index (κ1) is 14.3. The molecule has 1 aromatic heterocycles. The molecule has 0 radical (unpaired) electrons. The summed E-state index contributed by atoms with van der Waals surface area (Å²) in [6, 6.07) is 9.76. The molecule has 6 heteroatoms. The van der Waals surface area contributed by atoms with Gasteiger partial charge in [-0.25, -0.2) is 9.98 Å². The zero-order chi connectivity index (χ0) is 15.9. The smallest absolute Gasteiger partial charge is 0.170 e. The molecule has 2 aromatic rings. The van der Waals surface area contributed by atoms with Gasteiger partial charge in [-0.3, -0.25) is 4.21 Å². The third-order valence-electron chi connectivity index (χ3n) is 3.49. The highest BCUT2D eigenvalue weighted by Gasteiger charge is 2.23. The molecule has 0 fully saturated rings. The molecule has 5 nitrogen and oxygen atoms in total. The zero-order valence-corrected chi connectivity index (χ0v) is 13.0. The van der Waals surface area contributed by atoms with E-state index in [2.05, 4.69) is 9.98 Å². The van der Waals surface area contributed by atoms with E-state index in [1.54, 1.807) is 11.6 Å². The number of benzene rings is 1. The van der Waals surface area contributed by atoms with Crippen LogP contribution in [0.25, 0.3) is 0 Å². The summed E-state index contributed by atoms with van der Waals surface area (Å²) in [7, 11) is -2.56. The second kappa shape index (κ2) is 4.97. The van der Waals surface area contributed by atoms with Crippen molar-refractivity contribution < 1.29 is 4.21 Å². The van der Waals surface area contributed by atoms with Gasteiger partial charge in [0.15, 0.2) is 5.82 Å². The van der Waals surface area contributed by atoms with Crippen molar-refractivity contribution in [2.45, 2.75) is 11.8 Å². The van der Waals surface area contributed by atoms with Crippen LogP contribution in [0, 0.1) is 18.3 Å². The minimum Gasteiger partial charge on any atom is -0.397 e. The third-order valence-corrected chi connectivity index (χ3v) is 5.38. The van der Waals surface area contributed by atoms with Gasteiger partial charge in [0.2, 0.25) is 0 Å². The molecule has 2 heterocycles. The first-order valence-corrected chi connectivity index (χ1v) is 8.63. The van der Waals surface area contributed by atoms with E-state index in [0.717, 1.165) is 11.1 Å². The summed E-state index contributed by atoms with van der Waals surface area (Å²) in [5.41, 5.74) is 9.00. The van der Waals surface area contributed by atoms with Gasteiger partial charge in [0.1, 0.15) is 6.07 Å². The van der Waals surface area contributed by atoms with Crippen LogP contribution in [0.1, 0.15) is 16.7 Å². The molecule has 1 aromatic carbocycles. The predicted molar refractivity (Wildman–Crippen MR) is 89.1 cm³/mol. The lowest BCUT2D eigenvalue weighted by atomic mass is 10.1. The van der Waals surface area contributed by atoms with Crippen LogP contribution in [0.3, 0.4) is 0 Å². The Hall–Kier alpha value is -2.65. The van der Waals surface area contributed by atoms with Gasteiger partial charge in [0.05, 0.1) is 21.9 Å². The maximum atomic E-state index is 13.0. The fourth-order valence-corrected chi connectivity index (χ4v) is 4.07. The number of aliphatic imine (C=N–C) groups is 1. The lowest BCUT2D eigenvalue weighted by molar-refractivity contribution is 0.684. The number of nitriles is 1. The van der Waals surface area contributed by atoms with Gasteiger partial charge in [0.25, 0.3) is 0 Å². The Balaban J connectivity index is 2.26. The molecule has 2 N–H and O–H groups in total. The van der Waals surface area contributed by atoms with Crippen molar-refractivity contribution in [2.24, 2.45) is 4.99 Å². The highest BCUT2D eigenvalue weighted by Crippen LogP contribution is 2.33. The quantitative estimate of drug-likeness (QED) is 0.816. The van der Waals surface area contributed by atoms with Crippen LogP contribution < -0.4 is 5.73 Å². The second-order valence-electron chi connectivity index (χ2n) is 5.23. The van der Waals surface area contributed by atoms with Crippen molar-refractivity contribution in [3.8, 4) is 6.07 Å². The van der Waals surface area contributed by atoms with E-state index in [1.165, 1.54) is 6.20 Å². The Kier molecular flexibility index (Phi) is 3.23. The van der Waals surface area contributed by atoms with Gasteiger partial charge in [-0.1, -0.05) is 29.8 Å². The molecule has 22 heavy (non-hydrogen) atoms. The van der Waals surface area contributed by atoms with E-state index < -0.39 is 9.52 Å². The summed E-state index contributed by atoms with van der Waals surface area (Å²) < 4.78 is 13.0. The van der Waals surface area contributed by atoms with Gasteiger partial charge in [0, 0.05) is 32.9 Å². The topological polar surface area (TPSA) is 92.1 Å². The zero-order valence-electron chi connectivity index (χ0n) is 12.2. The Morgan fingerprint density at radius 1 is 1.27 bits per heavy atom. The van der Waals surface area contributed by atoms with Crippen LogP contribution in [0.15, 0.2) is 40.4 Å². The van der Waals surface area contributed by atoms with Gasteiger partial charge in [-0.05, 0) is 6.92 Å². The Morgan fingerprint density at radius 2 is 1.95 bits per heavy atom. The summed E-state index contributed by atoms with van der Waals surface area (Å²) in [6.07, 6.45) is 2.96. The predicted octanol–water partition coefficient (Wildman–Crippen LogP) is 2.05. The first-order valence-electron chi connectivity index (χ1n) is 6.60. The molecule has 1 aliphatic heterocycles. The van der Waals surface area contributed by atoms with Gasteiger partial charge >= 0.3 is 0 Å². The van der Waals surface area contributed by atoms with Crippen molar-refractivity contribution in [1.29, 1.82) is 5.26 Å². The van der Waals surface area contributed by atoms with Crippen molar-refractivity contribution in [3.05, 3.63) is 47.2 Å². The van der Waals surface area contributed by atoms with Crippen LogP contribution in [-0.4, -0.2) is 26.5 Å². The number of nitrogen functional groups attached to an aromatic ring is 1. The Morgan fingerprint density at radius 3 is 2.59 bits per heavy atom. The summed E-state index contributed by atoms with van der Waals surface area (Å²) in [5.74, 6) is 0.321. The molecule has 3 rings (SSSR count). The van der Waals surface area contributed by atoms with Crippen molar-refractivity contribution >= 4 is 32.1 Å². The lowest BCUT2D eigenvalue weighted by Crippen LogP contribution is -2.18. The monoisotopic (exact) mass is 310 g/mol. The van der Waals surface area contributed by atoms with E-state index in [4.69, 9.17) is 11.0 Å². The van der Waals surface area contributed by atoms with Gasteiger partial charge < -0.3 is 5.73 Å². The number of fused-ring (bicyclic) bond motifs is 1. The molecule has 0 amide bonds. The standard InChI is InChI=1S/C16H14N4OS/c1-10-3-5-11(6-4-10)13-9-22(2,21)15-14(18)12(7-17)8-19-16(15)20-13/h3-6,8-9H,1-2H3,(H2,18,19,20). The highest BCUT2D eigenvalue weighted by atomic mass is 32.2. The largest absolute Gasteiger partial charge is 0.397 e. The maximum Gasteiger partial charge on any atom is 0.170 e. The minimum atomic E-state index is -2.56. The van der Waals surface area contributed by atoms with Crippen LogP contribution >= 0.6 is 0 Å². The van der Waals surface area contributed by atoms with E-state index in [-0.39, 0.29) is 11.3 Å². The van der Waals surface area contributed by atoms with Gasteiger partial charge in [-0.15, -0.1) is 0 Å². The second-order valence-corrected chi connectivity index (χ2v) is 7.69. The summed E-state index contributed by atoms with van der Waals surface area (Å²) in [4.78, 5) is 8.96. The van der Waals surface area contributed by atoms with Crippen molar-refractivity contribution in [3.63, 3.8) is 0 Å². The van der Waals surface area contributed by atoms with E-state index in [9.17, 15) is 4.21 Å². The maximum absolute atomic E-state index is 13.0. The number of nitrogens with zero attached hydrogens (tertiary/aromatic N) is 3. The molecule has 0 aliphatic carbocycles. The number of aryl methyl sites for hydroxylation is 1. The Labute approximate surface area is 129 Å². The molecule has 0 saturated heterocycles. The van der Waals surface area contributed by atoms with Crippen LogP contribution in [0.4, 0.5) is 11.5 Å². The van der Waals surface area contributed by atoms with Crippen LogP contribution in [0.5, 0.6) is 0 Å². The SMILES string of the molecule is Cc1ccc(C2=Nc3ncc(C#N)c(N)c3S(C)(=O)=C2)cc1. The average molecular weight is 310 g/mol. The molecular formula is C16H14N4OS. The summed E-state index contributed by atoms with van der Waals surface area (Å²) >= 11 is 0. The normalized spacial score (nSPS) is 19.6. The van der Waals surface area contributed by atoms with Crippen LogP contribution in [-0.2, 0) is 9.52 Å². The molecule has 1 atom stereocenters. The van der Waals surface area contributed by atoms with Gasteiger partial charge in [-0.2, -0.15) is 5.26 Å². The fourth-order valence-electron chi connectivity index (χ4n) is 2.33. The molecular weight excluding hydrogens is 296 g/mol. The fraction of sp³-hybridized carbons (Fsp3) is 0.125.